The molecule has 1 aliphatic carbocycles. The van der Waals surface area contributed by atoms with Crippen LogP contribution in [-0.4, -0.2) is 24.7 Å². The molecule has 1 aliphatic rings. The van der Waals surface area contributed by atoms with E-state index in [2.05, 4.69) is 6.92 Å². The van der Waals surface area contributed by atoms with Crippen LogP contribution in [0.4, 0.5) is 4.39 Å². The van der Waals surface area contributed by atoms with Crippen LogP contribution in [0.5, 0.6) is 0 Å². The fourth-order valence-corrected chi connectivity index (χ4v) is 4.46. The maximum Gasteiger partial charge on any atom is 0.335 e. The van der Waals surface area contributed by atoms with E-state index in [1.165, 1.54) is 0 Å². The van der Waals surface area contributed by atoms with Gasteiger partial charge >= 0.3 is 5.97 Å². The van der Waals surface area contributed by atoms with Gasteiger partial charge in [0.2, 0.25) is 0 Å². The van der Waals surface area contributed by atoms with E-state index in [9.17, 15) is 17.6 Å². The van der Waals surface area contributed by atoms with Crippen molar-refractivity contribution in [2.45, 2.75) is 42.8 Å². The highest BCUT2D eigenvalue weighted by molar-refractivity contribution is 7.92. The van der Waals surface area contributed by atoms with Gasteiger partial charge in [-0.05, 0) is 49.8 Å². The summed E-state index contributed by atoms with van der Waals surface area (Å²) in [5.41, 5.74) is -0.214. The van der Waals surface area contributed by atoms with Gasteiger partial charge in [0.15, 0.2) is 9.84 Å². The van der Waals surface area contributed by atoms with E-state index >= 15 is 0 Å². The van der Waals surface area contributed by atoms with Crippen LogP contribution >= 0.6 is 0 Å². The van der Waals surface area contributed by atoms with Crippen LogP contribution in [-0.2, 0) is 9.84 Å². The second-order valence-electron chi connectivity index (χ2n) is 5.38. The normalized spacial score (nSPS) is 23.5. The Bertz CT molecular complexity index is 616. The van der Waals surface area contributed by atoms with Gasteiger partial charge in [0.25, 0.3) is 0 Å². The molecular weight excluding hydrogens is 283 g/mol. The van der Waals surface area contributed by atoms with E-state index in [1.807, 2.05) is 0 Å². The zero-order valence-electron chi connectivity index (χ0n) is 11.2. The standard InChI is InChI=1S/C14H17FO4S/c1-9-2-5-11(6-3-9)20(18,19)13-8-10(14(16)17)4-7-12(13)15/h4,7-9,11H,2-3,5-6H2,1H3,(H,16,17). The summed E-state index contributed by atoms with van der Waals surface area (Å²) in [6, 6.07) is 2.90. The van der Waals surface area contributed by atoms with Crippen molar-refractivity contribution in [3.8, 4) is 0 Å². The molecule has 0 saturated heterocycles. The predicted molar refractivity (Wildman–Crippen MR) is 72.0 cm³/mol. The molecule has 0 heterocycles. The zero-order chi connectivity index (χ0) is 14.9. The third kappa shape index (κ3) is 2.85. The number of benzene rings is 1. The molecule has 1 aromatic carbocycles. The number of aromatic carboxylic acids is 1. The Labute approximate surface area is 117 Å². The smallest absolute Gasteiger partial charge is 0.335 e. The van der Waals surface area contributed by atoms with Crippen LogP contribution in [0.1, 0.15) is 43.0 Å². The number of carboxylic acids is 1. The van der Waals surface area contributed by atoms with Gasteiger partial charge in [0.05, 0.1) is 10.8 Å². The van der Waals surface area contributed by atoms with Gasteiger partial charge in [0, 0.05) is 0 Å². The SMILES string of the molecule is CC1CCC(S(=O)(=O)c2cc(C(=O)O)ccc2F)CC1. The number of sulfone groups is 1. The van der Waals surface area contributed by atoms with Crippen molar-refractivity contribution in [2.75, 3.05) is 0 Å². The van der Waals surface area contributed by atoms with Crippen LogP contribution < -0.4 is 0 Å². The van der Waals surface area contributed by atoms with Crippen LogP contribution in [0.2, 0.25) is 0 Å². The maximum atomic E-state index is 13.8. The fourth-order valence-electron chi connectivity index (χ4n) is 2.57. The molecule has 0 radical (unpaired) electrons. The van der Waals surface area contributed by atoms with Crippen molar-refractivity contribution in [1.29, 1.82) is 0 Å². The molecule has 1 N–H and O–H groups in total. The quantitative estimate of drug-likeness (QED) is 0.931. The molecule has 6 heteroatoms. The fraction of sp³-hybridized carbons (Fsp3) is 0.500. The molecule has 2 rings (SSSR count). The third-order valence-corrected chi connectivity index (χ3v) is 6.16. The molecule has 0 aliphatic heterocycles. The van der Waals surface area contributed by atoms with Gasteiger partial charge in [-0.3, -0.25) is 0 Å². The van der Waals surface area contributed by atoms with Gasteiger partial charge in [0.1, 0.15) is 10.7 Å². The average molecular weight is 300 g/mol. The highest BCUT2D eigenvalue weighted by atomic mass is 32.2. The van der Waals surface area contributed by atoms with Gasteiger partial charge in [-0.1, -0.05) is 6.92 Å². The van der Waals surface area contributed by atoms with E-state index in [0.29, 0.717) is 18.8 Å². The topological polar surface area (TPSA) is 71.4 Å². The van der Waals surface area contributed by atoms with Crippen LogP contribution in [0.15, 0.2) is 23.1 Å². The Morgan fingerprint density at radius 1 is 1.25 bits per heavy atom. The van der Waals surface area contributed by atoms with Crippen molar-refractivity contribution >= 4 is 15.8 Å². The first kappa shape index (κ1) is 15.0. The van der Waals surface area contributed by atoms with Crippen LogP contribution in [0, 0.1) is 11.7 Å². The highest BCUT2D eigenvalue weighted by Crippen LogP contribution is 2.32. The first-order chi connectivity index (χ1) is 9.32. The number of carbonyl (C=O) groups is 1. The van der Waals surface area contributed by atoms with E-state index in [4.69, 9.17) is 5.11 Å². The van der Waals surface area contributed by atoms with E-state index in [-0.39, 0.29) is 5.56 Å². The summed E-state index contributed by atoms with van der Waals surface area (Å²) in [5, 5.41) is 8.28. The lowest BCUT2D eigenvalue weighted by Gasteiger charge is -2.26. The lowest BCUT2D eigenvalue weighted by Crippen LogP contribution is -2.27. The van der Waals surface area contributed by atoms with Crippen molar-refractivity contribution in [3.05, 3.63) is 29.6 Å². The number of hydrogen-bond donors (Lipinski definition) is 1. The zero-order valence-corrected chi connectivity index (χ0v) is 12.0. The lowest BCUT2D eigenvalue weighted by atomic mass is 9.91. The van der Waals surface area contributed by atoms with Crippen molar-refractivity contribution in [3.63, 3.8) is 0 Å². The Hall–Kier alpha value is -1.43. The Kier molecular flexibility index (Phi) is 4.13. The molecule has 20 heavy (non-hydrogen) atoms. The van der Waals surface area contributed by atoms with Gasteiger partial charge in [-0.2, -0.15) is 0 Å². The minimum atomic E-state index is -3.81. The van der Waals surface area contributed by atoms with Crippen LogP contribution in [0.25, 0.3) is 0 Å². The van der Waals surface area contributed by atoms with Gasteiger partial charge in [-0.15, -0.1) is 0 Å². The molecule has 1 fully saturated rings. The third-order valence-electron chi connectivity index (χ3n) is 3.89. The lowest BCUT2D eigenvalue weighted by molar-refractivity contribution is 0.0696. The van der Waals surface area contributed by atoms with E-state index in [1.54, 1.807) is 0 Å². The summed E-state index contributed by atoms with van der Waals surface area (Å²) in [5.74, 6) is -1.66. The monoisotopic (exact) mass is 300 g/mol. The van der Waals surface area contributed by atoms with Crippen molar-refractivity contribution in [1.82, 2.24) is 0 Å². The predicted octanol–water partition coefficient (Wildman–Crippen LogP) is 2.88. The molecule has 0 aromatic heterocycles. The van der Waals surface area contributed by atoms with E-state index < -0.39 is 31.8 Å². The molecule has 1 aromatic rings. The summed E-state index contributed by atoms with van der Waals surface area (Å²) in [6.45, 7) is 2.06. The second-order valence-corrected chi connectivity index (χ2v) is 7.57. The Morgan fingerprint density at radius 3 is 2.40 bits per heavy atom. The number of carboxylic acid groups (broad SMARTS) is 1. The first-order valence-corrected chi connectivity index (χ1v) is 8.13. The first-order valence-electron chi connectivity index (χ1n) is 6.59. The highest BCUT2D eigenvalue weighted by Gasteiger charge is 2.33. The van der Waals surface area contributed by atoms with Gasteiger partial charge < -0.3 is 5.11 Å². The molecule has 0 atom stereocenters. The van der Waals surface area contributed by atoms with E-state index in [0.717, 1.165) is 31.0 Å². The molecule has 0 amide bonds. The second kappa shape index (κ2) is 5.52. The number of hydrogen-bond acceptors (Lipinski definition) is 3. The van der Waals surface area contributed by atoms with Crippen molar-refractivity contribution < 1.29 is 22.7 Å². The largest absolute Gasteiger partial charge is 0.478 e. The minimum Gasteiger partial charge on any atom is -0.478 e. The minimum absolute atomic E-state index is 0.214. The molecule has 4 nitrogen and oxygen atoms in total. The van der Waals surface area contributed by atoms with Gasteiger partial charge in [-0.25, -0.2) is 17.6 Å². The average Bonchev–Trinajstić information content (AvgIpc) is 2.39. The summed E-state index contributed by atoms with van der Waals surface area (Å²) < 4.78 is 38.7. The summed E-state index contributed by atoms with van der Waals surface area (Å²) in [4.78, 5) is 10.4. The molecule has 110 valence electrons. The molecule has 1 saturated carbocycles. The summed E-state index contributed by atoms with van der Waals surface area (Å²) in [6.07, 6.45) is 2.59. The summed E-state index contributed by atoms with van der Waals surface area (Å²) in [7, 11) is -3.81. The molecule has 0 unspecified atom stereocenters. The van der Waals surface area contributed by atoms with Crippen LogP contribution in [0.3, 0.4) is 0 Å². The summed E-state index contributed by atoms with van der Waals surface area (Å²) >= 11 is 0. The number of rotatable bonds is 3. The Morgan fingerprint density at radius 2 is 1.85 bits per heavy atom. The maximum absolute atomic E-state index is 13.8. The number of halogens is 1. The Balaban J connectivity index is 2.38. The van der Waals surface area contributed by atoms with Crippen molar-refractivity contribution in [2.24, 2.45) is 5.92 Å². The molecular formula is C14H17FO4S. The molecule has 0 spiro atoms. The molecule has 0 bridgehead atoms.